The van der Waals surface area contributed by atoms with E-state index < -0.39 is 0 Å². The Bertz CT molecular complexity index is 85.6. The highest BCUT2D eigenvalue weighted by atomic mass is 16.5. The molecular weight excluding hydrogens is 138 g/mol. The van der Waals surface area contributed by atoms with Gasteiger partial charge < -0.3 is 10.1 Å². The van der Waals surface area contributed by atoms with Crippen molar-refractivity contribution in [3.05, 3.63) is 0 Å². The summed E-state index contributed by atoms with van der Waals surface area (Å²) in [5, 5.41) is 3.37. The summed E-state index contributed by atoms with van der Waals surface area (Å²) >= 11 is 0. The van der Waals surface area contributed by atoms with Crippen molar-refractivity contribution in [2.24, 2.45) is 5.92 Å². The molecule has 0 amide bonds. The quantitative estimate of drug-likeness (QED) is 0.595. The van der Waals surface area contributed by atoms with Crippen molar-refractivity contribution in [3.8, 4) is 0 Å². The molecule has 2 nitrogen and oxygen atoms in total. The van der Waals surface area contributed by atoms with Crippen LogP contribution in [0.1, 0.15) is 27.2 Å². The molecule has 0 saturated carbocycles. The van der Waals surface area contributed by atoms with Crippen LogP contribution in [0.15, 0.2) is 0 Å². The standard InChI is InChI=1S/C9H21NO/c1-5-6-10-7-8(2)9(3)11-4/h8-10H,5-7H2,1-4H3. The van der Waals surface area contributed by atoms with Gasteiger partial charge in [0.2, 0.25) is 0 Å². The van der Waals surface area contributed by atoms with Crippen LogP contribution >= 0.6 is 0 Å². The van der Waals surface area contributed by atoms with Crippen LogP contribution in [0.3, 0.4) is 0 Å². The summed E-state index contributed by atoms with van der Waals surface area (Å²) in [4.78, 5) is 0. The Morgan fingerprint density at radius 2 is 2.00 bits per heavy atom. The lowest BCUT2D eigenvalue weighted by Gasteiger charge is -2.18. The van der Waals surface area contributed by atoms with Crippen molar-refractivity contribution in [1.29, 1.82) is 0 Å². The molecule has 68 valence electrons. The molecule has 2 heteroatoms. The molecule has 1 N–H and O–H groups in total. The molecule has 0 saturated heterocycles. The molecule has 0 aliphatic heterocycles. The highest BCUT2D eigenvalue weighted by molar-refractivity contribution is 4.63. The average Bonchev–Trinajstić information content (AvgIpc) is 2.03. The maximum atomic E-state index is 5.20. The fraction of sp³-hybridized carbons (Fsp3) is 1.00. The summed E-state index contributed by atoms with van der Waals surface area (Å²) in [5.41, 5.74) is 0. The minimum absolute atomic E-state index is 0.361. The van der Waals surface area contributed by atoms with Crippen molar-refractivity contribution in [2.45, 2.75) is 33.3 Å². The Balaban J connectivity index is 3.28. The van der Waals surface area contributed by atoms with E-state index in [1.54, 1.807) is 7.11 Å². The molecule has 0 fully saturated rings. The maximum absolute atomic E-state index is 5.20. The first-order valence-corrected chi connectivity index (χ1v) is 4.45. The molecule has 0 aromatic rings. The average molecular weight is 159 g/mol. The SMILES string of the molecule is CCCNCC(C)C(C)OC. The summed E-state index contributed by atoms with van der Waals surface area (Å²) in [5.74, 6) is 0.603. The van der Waals surface area contributed by atoms with Gasteiger partial charge in [-0.1, -0.05) is 13.8 Å². The highest BCUT2D eigenvalue weighted by Crippen LogP contribution is 2.03. The Morgan fingerprint density at radius 3 is 2.45 bits per heavy atom. The van der Waals surface area contributed by atoms with Crippen LogP contribution in [-0.2, 0) is 4.74 Å². The Kier molecular flexibility index (Phi) is 6.57. The molecule has 0 aromatic carbocycles. The second-order valence-corrected chi connectivity index (χ2v) is 3.12. The summed E-state index contributed by atoms with van der Waals surface area (Å²) in [6.07, 6.45) is 1.56. The van der Waals surface area contributed by atoms with Gasteiger partial charge in [-0.2, -0.15) is 0 Å². The first-order chi connectivity index (χ1) is 5.22. The Hall–Kier alpha value is -0.0800. The van der Waals surface area contributed by atoms with Crippen LogP contribution in [0.2, 0.25) is 0 Å². The molecule has 0 aliphatic rings. The third-order valence-electron chi connectivity index (χ3n) is 2.07. The first kappa shape index (κ1) is 10.9. The van der Waals surface area contributed by atoms with E-state index in [4.69, 9.17) is 4.74 Å². The van der Waals surface area contributed by atoms with Gasteiger partial charge in [-0.05, 0) is 25.8 Å². The van der Waals surface area contributed by atoms with E-state index >= 15 is 0 Å². The van der Waals surface area contributed by atoms with Crippen LogP contribution in [-0.4, -0.2) is 26.3 Å². The molecule has 0 spiro atoms. The number of hydrogen-bond acceptors (Lipinski definition) is 2. The van der Waals surface area contributed by atoms with Gasteiger partial charge in [0, 0.05) is 13.7 Å². The monoisotopic (exact) mass is 159 g/mol. The number of hydrogen-bond donors (Lipinski definition) is 1. The van der Waals surface area contributed by atoms with Gasteiger partial charge in [-0.3, -0.25) is 0 Å². The molecule has 0 heterocycles. The van der Waals surface area contributed by atoms with Crippen molar-refractivity contribution >= 4 is 0 Å². The van der Waals surface area contributed by atoms with Gasteiger partial charge in [0.15, 0.2) is 0 Å². The van der Waals surface area contributed by atoms with Crippen molar-refractivity contribution < 1.29 is 4.74 Å². The molecular formula is C9H21NO. The molecule has 0 aromatic heterocycles. The normalized spacial score (nSPS) is 16.4. The number of nitrogens with one attached hydrogen (secondary N) is 1. The van der Waals surface area contributed by atoms with Crippen LogP contribution in [0.25, 0.3) is 0 Å². The molecule has 0 bridgehead atoms. The van der Waals surface area contributed by atoms with Gasteiger partial charge in [0.25, 0.3) is 0 Å². The van der Waals surface area contributed by atoms with Crippen LogP contribution < -0.4 is 5.32 Å². The van der Waals surface area contributed by atoms with Crippen molar-refractivity contribution in [2.75, 3.05) is 20.2 Å². The van der Waals surface area contributed by atoms with E-state index in [1.807, 2.05) is 0 Å². The second kappa shape index (κ2) is 6.62. The van der Waals surface area contributed by atoms with E-state index in [9.17, 15) is 0 Å². The molecule has 2 atom stereocenters. The summed E-state index contributed by atoms with van der Waals surface area (Å²) in [7, 11) is 1.76. The highest BCUT2D eigenvalue weighted by Gasteiger charge is 2.09. The molecule has 11 heavy (non-hydrogen) atoms. The van der Waals surface area contributed by atoms with Gasteiger partial charge in [0.05, 0.1) is 6.10 Å². The predicted octanol–water partition coefficient (Wildman–Crippen LogP) is 1.66. The van der Waals surface area contributed by atoms with E-state index in [1.165, 1.54) is 6.42 Å². The van der Waals surface area contributed by atoms with Gasteiger partial charge in [-0.25, -0.2) is 0 Å². The topological polar surface area (TPSA) is 21.3 Å². The minimum atomic E-state index is 0.361. The summed E-state index contributed by atoms with van der Waals surface area (Å²) < 4.78 is 5.20. The zero-order valence-corrected chi connectivity index (χ0v) is 8.18. The van der Waals surface area contributed by atoms with E-state index in [0.717, 1.165) is 13.1 Å². The second-order valence-electron chi connectivity index (χ2n) is 3.12. The number of ether oxygens (including phenoxy) is 1. The number of rotatable bonds is 6. The fourth-order valence-electron chi connectivity index (χ4n) is 0.905. The maximum Gasteiger partial charge on any atom is 0.0580 e. The Labute approximate surface area is 70.3 Å². The van der Waals surface area contributed by atoms with E-state index in [0.29, 0.717) is 12.0 Å². The van der Waals surface area contributed by atoms with Gasteiger partial charge >= 0.3 is 0 Å². The third-order valence-corrected chi connectivity index (χ3v) is 2.07. The predicted molar refractivity (Wildman–Crippen MR) is 48.8 cm³/mol. The zero-order valence-electron chi connectivity index (χ0n) is 8.18. The van der Waals surface area contributed by atoms with Crippen molar-refractivity contribution in [1.82, 2.24) is 5.32 Å². The third kappa shape index (κ3) is 5.22. The lowest BCUT2D eigenvalue weighted by atomic mass is 10.1. The molecule has 0 rings (SSSR count). The smallest absolute Gasteiger partial charge is 0.0580 e. The first-order valence-electron chi connectivity index (χ1n) is 4.45. The van der Waals surface area contributed by atoms with Crippen LogP contribution in [0.4, 0.5) is 0 Å². The minimum Gasteiger partial charge on any atom is -0.381 e. The van der Waals surface area contributed by atoms with E-state index in [2.05, 4.69) is 26.1 Å². The largest absolute Gasteiger partial charge is 0.381 e. The van der Waals surface area contributed by atoms with Crippen LogP contribution in [0, 0.1) is 5.92 Å². The number of methoxy groups -OCH3 is 1. The lowest BCUT2D eigenvalue weighted by Crippen LogP contribution is -2.29. The van der Waals surface area contributed by atoms with E-state index in [-0.39, 0.29) is 0 Å². The van der Waals surface area contributed by atoms with Gasteiger partial charge in [-0.15, -0.1) is 0 Å². The summed E-state index contributed by atoms with van der Waals surface area (Å²) in [6, 6.07) is 0. The zero-order chi connectivity index (χ0) is 8.69. The van der Waals surface area contributed by atoms with Gasteiger partial charge in [0.1, 0.15) is 0 Å². The van der Waals surface area contributed by atoms with Crippen LogP contribution in [0.5, 0.6) is 0 Å². The molecule has 0 radical (unpaired) electrons. The molecule has 2 unspecified atom stereocenters. The summed E-state index contributed by atoms with van der Waals surface area (Å²) in [6.45, 7) is 8.66. The Morgan fingerprint density at radius 1 is 1.36 bits per heavy atom. The van der Waals surface area contributed by atoms with Crippen molar-refractivity contribution in [3.63, 3.8) is 0 Å². The molecule has 0 aliphatic carbocycles. The lowest BCUT2D eigenvalue weighted by molar-refractivity contribution is 0.0736. The fourth-order valence-corrected chi connectivity index (χ4v) is 0.905.